The highest BCUT2D eigenvalue weighted by molar-refractivity contribution is 9.10. The summed E-state index contributed by atoms with van der Waals surface area (Å²) in [7, 11) is 0. The van der Waals surface area contributed by atoms with Gasteiger partial charge < -0.3 is 5.73 Å². The van der Waals surface area contributed by atoms with Crippen molar-refractivity contribution in [1.29, 1.82) is 0 Å². The lowest BCUT2D eigenvalue weighted by molar-refractivity contribution is 0.491. The summed E-state index contributed by atoms with van der Waals surface area (Å²) >= 11 is 3.46. The zero-order valence-electron chi connectivity index (χ0n) is 11.7. The van der Waals surface area contributed by atoms with Crippen LogP contribution in [0.2, 0.25) is 0 Å². The van der Waals surface area contributed by atoms with E-state index in [4.69, 9.17) is 5.73 Å². The van der Waals surface area contributed by atoms with Crippen molar-refractivity contribution in [3.05, 3.63) is 69.2 Å². The fourth-order valence-electron chi connectivity index (χ4n) is 2.53. The van der Waals surface area contributed by atoms with Crippen molar-refractivity contribution >= 4 is 15.9 Å². The topological polar surface area (TPSA) is 26.0 Å². The molecule has 1 nitrogen and oxygen atoms in total. The molecule has 0 amide bonds. The van der Waals surface area contributed by atoms with Crippen LogP contribution in [0.4, 0.5) is 0 Å². The fraction of sp³-hybridized carbons (Fsp3) is 0.294. The number of nitrogens with two attached hydrogens (primary N) is 1. The standard InChI is InChI=1S/C17H20BrN/c1-12-8-13(2)10-14(9-12)11-17(3,19)15-4-6-16(18)7-5-15/h4-10H,11,19H2,1-3H3. The predicted octanol–water partition coefficient (Wildman–Crippen LogP) is 4.48. The third kappa shape index (κ3) is 3.68. The smallest absolute Gasteiger partial charge is 0.0421 e. The third-order valence-corrected chi connectivity index (χ3v) is 3.89. The van der Waals surface area contributed by atoms with Gasteiger partial charge in [0.1, 0.15) is 0 Å². The van der Waals surface area contributed by atoms with Gasteiger partial charge in [-0.3, -0.25) is 0 Å². The van der Waals surface area contributed by atoms with Gasteiger partial charge in [-0.25, -0.2) is 0 Å². The van der Waals surface area contributed by atoms with Crippen LogP contribution < -0.4 is 5.73 Å². The van der Waals surface area contributed by atoms with E-state index in [-0.39, 0.29) is 5.54 Å². The van der Waals surface area contributed by atoms with Gasteiger partial charge in [0.15, 0.2) is 0 Å². The molecule has 1 atom stereocenters. The number of hydrogen-bond donors (Lipinski definition) is 1. The fourth-order valence-corrected chi connectivity index (χ4v) is 2.79. The van der Waals surface area contributed by atoms with Crippen molar-refractivity contribution in [3.8, 4) is 0 Å². The van der Waals surface area contributed by atoms with E-state index in [1.165, 1.54) is 16.7 Å². The number of benzene rings is 2. The molecule has 0 saturated carbocycles. The van der Waals surface area contributed by atoms with E-state index >= 15 is 0 Å². The molecule has 2 N–H and O–H groups in total. The minimum Gasteiger partial charge on any atom is -0.321 e. The Labute approximate surface area is 124 Å². The molecule has 100 valence electrons. The molecule has 0 radical (unpaired) electrons. The molecule has 2 rings (SSSR count). The molecule has 0 saturated heterocycles. The van der Waals surface area contributed by atoms with E-state index < -0.39 is 0 Å². The van der Waals surface area contributed by atoms with Crippen molar-refractivity contribution in [2.24, 2.45) is 5.73 Å². The van der Waals surface area contributed by atoms with Gasteiger partial charge in [-0.15, -0.1) is 0 Å². The quantitative estimate of drug-likeness (QED) is 0.887. The summed E-state index contributed by atoms with van der Waals surface area (Å²) in [5.41, 5.74) is 11.2. The van der Waals surface area contributed by atoms with Crippen molar-refractivity contribution in [3.63, 3.8) is 0 Å². The second kappa shape index (κ2) is 5.48. The normalized spacial score (nSPS) is 14.2. The van der Waals surface area contributed by atoms with Gasteiger partial charge in [-0.2, -0.15) is 0 Å². The summed E-state index contributed by atoms with van der Waals surface area (Å²) < 4.78 is 1.08. The molecule has 2 aromatic carbocycles. The van der Waals surface area contributed by atoms with Gasteiger partial charge in [-0.1, -0.05) is 57.4 Å². The second-order valence-corrected chi connectivity index (χ2v) is 6.51. The van der Waals surface area contributed by atoms with Crippen LogP contribution in [0.15, 0.2) is 46.9 Å². The van der Waals surface area contributed by atoms with Crippen molar-refractivity contribution in [2.45, 2.75) is 32.7 Å². The molecule has 0 aliphatic rings. The Morgan fingerprint density at radius 2 is 1.53 bits per heavy atom. The summed E-state index contributed by atoms with van der Waals surface area (Å²) in [6, 6.07) is 14.9. The van der Waals surface area contributed by atoms with Crippen LogP contribution in [-0.2, 0) is 12.0 Å². The Morgan fingerprint density at radius 3 is 2.05 bits per heavy atom. The molecule has 0 bridgehead atoms. The number of halogens is 1. The first-order valence-electron chi connectivity index (χ1n) is 6.49. The molecule has 0 aromatic heterocycles. The van der Waals surface area contributed by atoms with Crippen molar-refractivity contribution in [2.75, 3.05) is 0 Å². The van der Waals surface area contributed by atoms with E-state index in [0.717, 1.165) is 16.5 Å². The Morgan fingerprint density at radius 1 is 1.00 bits per heavy atom. The number of hydrogen-bond acceptors (Lipinski definition) is 1. The van der Waals surface area contributed by atoms with E-state index in [1.54, 1.807) is 0 Å². The lowest BCUT2D eigenvalue weighted by Gasteiger charge is -2.26. The van der Waals surface area contributed by atoms with Crippen LogP contribution in [0.1, 0.15) is 29.2 Å². The van der Waals surface area contributed by atoms with Gasteiger partial charge in [-0.05, 0) is 50.5 Å². The average Bonchev–Trinajstić information content (AvgIpc) is 2.27. The predicted molar refractivity (Wildman–Crippen MR) is 85.3 cm³/mol. The van der Waals surface area contributed by atoms with Gasteiger partial charge in [0.2, 0.25) is 0 Å². The zero-order valence-corrected chi connectivity index (χ0v) is 13.3. The molecule has 0 heterocycles. The first kappa shape index (κ1) is 14.3. The minimum atomic E-state index is -0.346. The summed E-state index contributed by atoms with van der Waals surface area (Å²) in [5.74, 6) is 0. The summed E-state index contributed by atoms with van der Waals surface area (Å²) in [5, 5.41) is 0. The highest BCUT2D eigenvalue weighted by Crippen LogP contribution is 2.25. The first-order valence-corrected chi connectivity index (χ1v) is 7.28. The van der Waals surface area contributed by atoms with Crippen LogP contribution in [0.25, 0.3) is 0 Å². The summed E-state index contributed by atoms with van der Waals surface area (Å²) in [6.45, 7) is 6.35. The lowest BCUT2D eigenvalue weighted by Crippen LogP contribution is -2.35. The molecular formula is C17H20BrN. The molecule has 0 aliphatic carbocycles. The molecule has 0 aliphatic heterocycles. The van der Waals surface area contributed by atoms with Gasteiger partial charge in [0.25, 0.3) is 0 Å². The Hall–Kier alpha value is -1.12. The number of rotatable bonds is 3. The zero-order chi connectivity index (χ0) is 14.0. The monoisotopic (exact) mass is 317 g/mol. The van der Waals surface area contributed by atoms with E-state index in [2.05, 4.69) is 67.0 Å². The highest BCUT2D eigenvalue weighted by Gasteiger charge is 2.21. The average molecular weight is 318 g/mol. The molecule has 1 unspecified atom stereocenters. The molecular weight excluding hydrogens is 298 g/mol. The Bertz CT molecular complexity index is 550. The Kier molecular flexibility index (Phi) is 4.12. The van der Waals surface area contributed by atoms with Crippen molar-refractivity contribution in [1.82, 2.24) is 0 Å². The van der Waals surface area contributed by atoms with Crippen LogP contribution in [-0.4, -0.2) is 0 Å². The maximum absolute atomic E-state index is 6.50. The van der Waals surface area contributed by atoms with E-state index in [0.29, 0.717) is 0 Å². The molecule has 0 fully saturated rings. The number of aryl methyl sites for hydroxylation is 2. The summed E-state index contributed by atoms with van der Waals surface area (Å²) in [6.07, 6.45) is 0.844. The van der Waals surface area contributed by atoms with Crippen LogP contribution >= 0.6 is 15.9 Å². The van der Waals surface area contributed by atoms with Crippen molar-refractivity contribution < 1.29 is 0 Å². The lowest BCUT2D eigenvalue weighted by atomic mass is 9.86. The largest absolute Gasteiger partial charge is 0.321 e. The Balaban J connectivity index is 2.27. The molecule has 19 heavy (non-hydrogen) atoms. The second-order valence-electron chi connectivity index (χ2n) is 5.60. The maximum Gasteiger partial charge on any atom is 0.0421 e. The molecule has 0 spiro atoms. The first-order chi connectivity index (χ1) is 8.87. The van der Waals surface area contributed by atoms with E-state index in [9.17, 15) is 0 Å². The molecule has 2 heteroatoms. The highest BCUT2D eigenvalue weighted by atomic mass is 79.9. The maximum atomic E-state index is 6.50. The third-order valence-electron chi connectivity index (χ3n) is 3.36. The van der Waals surface area contributed by atoms with Gasteiger partial charge >= 0.3 is 0 Å². The van der Waals surface area contributed by atoms with Crippen LogP contribution in [0.3, 0.4) is 0 Å². The SMILES string of the molecule is Cc1cc(C)cc(CC(C)(N)c2ccc(Br)cc2)c1. The summed E-state index contributed by atoms with van der Waals surface area (Å²) in [4.78, 5) is 0. The minimum absolute atomic E-state index is 0.346. The van der Waals surface area contributed by atoms with Gasteiger partial charge in [0.05, 0.1) is 0 Å². The van der Waals surface area contributed by atoms with Crippen LogP contribution in [0, 0.1) is 13.8 Å². The van der Waals surface area contributed by atoms with E-state index in [1.807, 2.05) is 12.1 Å². The molecule has 2 aromatic rings. The van der Waals surface area contributed by atoms with Gasteiger partial charge in [0, 0.05) is 10.0 Å². The van der Waals surface area contributed by atoms with Crippen LogP contribution in [0.5, 0.6) is 0 Å².